The van der Waals surface area contributed by atoms with E-state index in [1.165, 1.54) is 11.8 Å². The van der Waals surface area contributed by atoms with E-state index in [1.807, 2.05) is 31.2 Å². The molecule has 2 aromatic rings. The molecule has 0 bridgehead atoms. The molecule has 0 fully saturated rings. The van der Waals surface area contributed by atoms with Gasteiger partial charge in [0.05, 0.1) is 22.2 Å². The highest BCUT2D eigenvalue weighted by atomic mass is 35.5. The number of rotatable bonds is 6. The number of thioether (sulfide) groups is 1. The fraction of sp³-hybridized carbons (Fsp3) is 0.176. The van der Waals surface area contributed by atoms with E-state index in [2.05, 4.69) is 10.6 Å². The van der Waals surface area contributed by atoms with Gasteiger partial charge in [0, 0.05) is 5.69 Å². The van der Waals surface area contributed by atoms with Crippen LogP contribution >= 0.6 is 23.4 Å². The Balaban J connectivity index is 1.73. The monoisotopic (exact) mass is 348 g/mol. The minimum Gasteiger partial charge on any atom is -0.325 e. The van der Waals surface area contributed by atoms with Crippen LogP contribution in [0.4, 0.5) is 11.4 Å². The van der Waals surface area contributed by atoms with Crippen molar-refractivity contribution in [3.63, 3.8) is 0 Å². The summed E-state index contributed by atoms with van der Waals surface area (Å²) < 4.78 is 0. The minimum absolute atomic E-state index is 0.133. The van der Waals surface area contributed by atoms with Crippen molar-refractivity contribution < 1.29 is 9.59 Å². The number of nitrogens with one attached hydrogen (secondary N) is 2. The van der Waals surface area contributed by atoms with Crippen molar-refractivity contribution in [2.75, 3.05) is 22.1 Å². The molecule has 0 spiro atoms. The molecule has 0 saturated heterocycles. The van der Waals surface area contributed by atoms with Gasteiger partial charge in [-0.3, -0.25) is 9.59 Å². The number of para-hydroxylation sites is 1. The Kier molecular flexibility index (Phi) is 6.50. The first-order valence-corrected chi connectivity index (χ1v) is 8.56. The lowest BCUT2D eigenvalue weighted by atomic mass is 10.2. The Morgan fingerprint density at radius 3 is 2.39 bits per heavy atom. The average molecular weight is 349 g/mol. The Bertz CT molecular complexity index is 706. The molecule has 0 radical (unpaired) electrons. The highest BCUT2D eigenvalue weighted by molar-refractivity contribution is 8.00. The fourth-order valence-corrected chi connectivity index (χ4v) is 2.71. The number of hydrogen-bond acceptors (Lipinski definition) is 3. The molecular formula is C17H17ClN2O2S. The fourth-order valence-electron chi connectivity index (χ4n) is 1.91. The molecule has 120 valence electrons. The molecule has 0 unspecified atom stereocenters. The predicted octanol–water partition coefficient (Wildman–Crippen LogP) is 3.96. The Morgan fingerprint density at radius 1 is 1.00 bits per heavy atom. The molecule has 4 nitrogen and oxygen atoms in total. The molecule has 2 rings (SSSR count). The number of halogens is 1. The first-order valence-electron chi connectivity index (χ1n) is 7.03. The minimum atomic E-state index is -0.188. The normalized spacial score (nSPS) is 10.2. The number of benzene rings is 2. The second-order valence-electron chi connectivity index (χ2n) is 4.94. The molecule has 0 heterocycles. The molecule has 0 saturated carbocycles. The van der Waals surface area contributed by atoms with Crippen molar-refractivity contribution in [1.82, 2.24) is 0 Å². The maximum absolute atomic E-state index is 11.8. The molecule has 0 aromatic heterocycles. The first-order chi connectivity index (χ1) is 11.0. The lowest BCUT2D eigenvalue weighted by molar-refractivity contribution is -0.114. The van der Waals surface area contributed by atoms with E-state index in [0.717, 1.165) is 11.3 Å². The predicted molar refractivity (Wildman–Crippen MR) is 97.2 cm³/mol. The lowest BCUT2D eigenvalue weighted by Gasteiger charge is -2.07. The zero-order valence-corrected chi connectivity index (χ0v) is 14.2. The number of anilines is 2. The summed E-state index contributed by atoms with van der Waals surface area (Å²) >= 11 is 7.22. The standard InChI is InChI=1S/C17H17ClN2O2S/c1-12-5-4-6-13(9-12)19-16(21)10-23-11-17(22)20-15-8-3-2-7-14(15)18/h2-9H,10-11H2,1H3,(H,19,21)(H,20,22). The van der Waals surface area contributed by atoms with Crippen LogP contribution in [0.15, 0.2) is 48.5 Å². The summed E-state index contributed by atoms with van der Waals surface area (Å²) in [7, 11) is 0. The molecule has 2 amide bonds. The van der Waals surface area contributed by atoms with Gasteiger partial charge in [-0.15, -0.1) is 11.8 Å². The largest absolute Gasteiger partial charge is 0.325 e. The summed E-state index contributed by atoms with van der Waals surface area (Å²) in [5, 5.41) is 6.01. The lowest BCUT2D eigenvalue weighted by Crippen LogP contribution is -2.18. The maximum Gasteiger partial charge on any atom is 0.234 e. The van der Waals surface area contributed by atoms with Gasteiger partial charge in [-0.05, 0) is 36.8 Å². The average Bonchev–Trinajstić information content (AvgIpc) is 2.49. The second-order valence-corrected chi connectivity index (χ2v) is 6.33. The molecule has 2 aromatic carbocycles. The molecule has 0 aliphatic carbocycles. The van der Waals surface area contributed by atoms with Crippen LogP contribution < -0.4 is 10.6 Å². The van der Waals surface area contributed by atoms with E-state index in [0.29, 0.717) is 10.7 Å². The zero-order valence-electron chi connectivity index (χ0n) is 12.6. The third kappa shape index (κ3) is 5.96. The molecule has 0 aliphatic rings. The quantitative estimate of drug-likeness (QED) is 0.830. The van der Waals surface area contributed by atoms with Gasteiger partial charge < -0.3 is 10.6 Å². The number of carbonyl (C=O) groups is 2. The molecule has 2 N–H and O–H groups in total. The van der Waals surface area contributed by atoms with E-state index in [9.17, 15) is 9.59 Å². The highest BCUT2D eigenvalue weighted by Crippen LogP contribution is 2.20. The van der Waals surface area contributed by atoms with Gasteiger partial charge in [0.1, 0.15) is 0 Å². The van der Waals surface area contributed by atoms with Crippen molar-refractivity contribution in [2.45, 2.75) is 6.92 Å². The third-order valence-electron chi connectivity index (χ3n) is 2.92. The topological polar surface area (TPSA) is 58.2 Å². The van der Waals surface area contributed by atoms with E-state index in [4.69, 9.17) is 11.6 Å². The van der Waals surface area contributed by atoms with Gasteiger partial charge in [0.2, 0.25) is 11.8 Å². The van der Waals surface area contributed by atoms with Crippen molar-refractivity contribution >= 4 is 46.6 Å². The maximum atomic E-state index is 11.8. The number of hydrogen-bond donors (Lipinski definition) is 2. The van der Waals surface area contributed by atoms with E-state index >= 15 is 0 Å². The van der Waals surface area contributed by atoms with Gasteiger partial charge >= 0.3 is 0 Å². The first kappa shape index (κ1) is 17.4. The summed E-state index contributed by atoms with van der Waals surface area (Å²) in [6, 6.07) is 14.6. The van der Waals surface area contributed by atoms with Gasteiger partial charge in [-0.1, -0.05) is 35.9 Å². The van der Waals surface area contributed by atoms with Crippen molar-refractivity contribution in [1.29, 1.82) is 0 Å². The van der Waals surface area contributed by atoms with Crippen LogP contribution in [-0.2, 0) is 9.59 Å². The van der Waals surface area contributed by atoms with Crippen molar-refractivity contribution in [3.05, 3.63) is 59.1 Å². The van der Waals surface area contributed by atoms with Gasteiger partial charge in [0.15, 0.2) is 0 Å². The van der Waals surface area contributed by atoms with Gasteiger partial charge in [-0.25, -0.2) is 0 Å². The molecule has 23 heavy (non-hydrogen) atoms. The third-order valence-corrected chi connectivity index (χ3v) is 4.18. The molecule has 0 aliphatic heterocycles. The number of carbonyl (C=O) groups excluding carboxylic acids is 2. The van der Waals surface area contributed by atoms with Crippen LogP contribution in [0.3, 0.4) is 0 Å². The van der Waals surface area contributed by atoms with Crippen LogP contribution in [-0.4, -0.2) is 23.3 Å². The summed E-state index contributed by atoms with van der Waals surface area (Å²) in [5.41, 5.74) is 2.41. The summed E-state index contributed by atoms with van der Waals surface area (Å²) in [6.07, 6.45) is 0. The van der Waals surface area contributed by atoms with E-state index < -0.39 is 0 Å². The second kappa shape index (κ2) is 8.60. The Labute approximate surface area is 144 Å². The van der Waals surface area contributed by atoms with Crippen LogP contribution in [0.2, 0.25) is 5.02 Å². The summed E-state index contributed by atoms with van der Waals surface area (Å²) in [5.74, 6) is 0.0775. The molecule has 6 heteroatoms. The summed E-state index contributed by atoms with van der Waals surface area (Å²) in [6.45, 7) is 1.96. The van der Waals surface area contributed by atoms with Crippen molar-refractivity contribution in [3.8, 4) is 0 Å². The van der Waals surface area contributed by atoms with Crippen LogP contribution in [0, 0.1) is 6.92 Å². The smallest absolute Gasteiger partial charge is 0.234 e. The highest BCUT2D eigenvalue weighted by Gasteiger charge is 2.08. The van der Waals surface area contributed by atoms with E-state index in [-0.39, 0.29) is 23.3 Å². The van der Waals surface area contributed by atoms with Gasteiger partial charge in [0.25, 0.3) is 0 Å². The van der Waals surface area contributed by atoms with Crippen LogP contribution in [0.1, 0.15) is 5.56 Å². The molecule has 0 atom stereocenters. The Hall–Kier alpha value is -1.98. The van der Waals surface area contributed by atoms with Crippen LogP contribution in [0.5, 0.6) is 0 Å². The van der Waals surface area contributed by atoms with Gasteiger partial charge in [-0.2, -0.15) is 0 Å². The van der Waals surface area contributed by atoms with E-state index in [1.54, 1.807) is 24.3 Å². The van der Waals surface area contributed by atoms with Crippen molar-refractivity contribution in [2.24, 2.45) is 0 Å². The number of amides is 2. The number of aryl methyl sites for hydroxylation is 1. The Morgan fingerprint density at radius 2 is 1.70 bits per heavy atom. The zero-order chi connectivity index (χ0) is 16.7. The molecular weight excluding hydrogens is 332 g/mol. The summed E-state index contributed by atoms with van der Waals surface area (Å²) in [4.78, 5) is 23.7. The SMILES string of the molecule is Cc1cccc(NC(=O)CSCC(=O)Nc2ccccc2Cl)c1. The van der Waals surface area contributed by atoms with Crippen LogP contribution in [0.25, 0.3) is 0 Å².